The smallest absolute Gasteiger partial charge is 0.224 e. The molecule has 3 nitrogen and oxygen atoms in total. The number of benzene rings is 1. The topological polar surface area (TPSA) is 42.0 Å². The number of rotatable bonds is 5. The number of hydrogen-bond donors (Lipinski definition) is 1. The van der Waals surface area contributed by atoms with Gasteiger partial charge in [0.15, 0.2) is 0 Å². The van der Waals surface area contributed by atoms with Gasteiger partial charge >= 0.3 is 0 Å². The summed E-state index contributed by atoms with van der Waals surface area (Å²) >= 11 is 1.64. The summed E-state index contributed by atoms with van der Waals surface area (Å²) in [5.74, 6) is 0.493. The fraction of sp³-hybridized carbons (Fsp3) is 0.412. The molecule has 0 aliphatic heterocycles. The van der Waals surface area contributed by atoms with Crippen LogP contribution in [0.4, 0.5) is 5.69 Å². The molecule has 1 heterocycles. The van der Waals surface area contributed by atoms with Crippen molar-refractivity contribution in [1.29, 1.82) is 0 Å². The lowest BCUT2D eigenvalue weighted by Gasteiger charge is -2.11. The Bertz CT molecular complexity index is 611. The van der Waals surface area contributed by atoms with E-state index in [0.717, 1.165) is 27.5 Å². The van der Waals surface area contributed by atoms with E-state index in [1.807, 2.05) is 32.0 Å². The van der Waals surface area contributed by atoms with Crippen molar-refractivity contribution in [2.75, 3.05) is 5.32 Å². The van der Waals surface area contributed by atoms with Gasteiger partial charge in [0.05, 0.1) is 10.7 Å². The Morgan fingerprint density at radius 3 is 2.52 bits per heavy atom. The van der Waals surface area contributed by atoms with Gasteiger partial charge in [0.2, 0.25) is 5.91 Å². The Hall–Kier alpha value is -1.68. The zero-order valence-electron chi connectivity index (χ0n) is 13.1. The Morgan fingerprint density at radius 2 is 1.95 bits per heavy atom. The Kier molecular flexibility index (Phi) is 5.12. The second-order valence-corrected chi connectivity index (χ2v) is 6.58. The fourth-order valence-corrected chi connectivity index (χ4v) is 3.10. The summed E-state index contributed by atoms with van der Waals surface area (Å²) < 4.78 is 0. The number of carbonyl (C=O) groups excluding carboxylic acids is 1. The molecule has 0 saturated heterocycles. The molecule has 21 heavy (non-hydrogen) atoms. The molecule has 0 fully saturated rings. The zero-order chi connectivity index (χ0) is 15.4. The monoisotopic (exact) mass is 302 g/mol. The molecule has 112 valence electrons. The summed E-state index contributed by atoms with van der Waals surface area (Å²) in [5.41, 5.74) is 4.24. The maximum absolute atomic E-state index is 12.1. The minimum Gasteiger partial charge on any atom is -0.326 e. The average molecular weight is 302 g/mol. The molecule has 0 aliphatic carbocycles. The number of amides is 1. The Morgan fingerprint density at radius 1 is 1.29 bits per heavy atom. The predicted molar refractivity (Wildman–Crippen MR) is 89.1 cm³/mol. The number of anilines is 1. The number of aromatic nitrogens is 1. The minimum atomic E-state index is 0.0497. The molecule has 2 aromatic rings. The van der Waals surface area contributed by atoms with Crippen LogP contribution in [-0.4, -0.2) is 10.9 Å². The summed E-state index contributed by atoms with van der Waals surface area (Å²) in [4.78, 5) is 16.7. The number of hydrogen-bond acceptors (Lipinski definition) is 3. The largest absolute Gasteiger partial charge is 0.326 e. The van der Waals surface area contributed by atoms with E-state index in [1.54, 1.807) is 11.3 Å². The zero-order valence-corrected chi connectivity index (χ0v) is 13.9. The van der Waals surface area contributed by atoms with Crippen molar-refractivity contribution in [3.8, 4) is 0 Å². The second-order valence-electron chi connectivity index (χ2n) is 5.64. The summed E-state index contributed by atoms with van der Waals surface area (Å²) in [6.45, 7) is 8.29. The van der Waals surface area contributed by atoms with Crippen LogP contribution in [0.25, 0.3) is 0 Å². The van der Waals surface area contributed by atoms with Crippen LogP contribution >= 0.6 is 11.3 Å². The van der Waals surface area contributed by atoms with Crippen molar-refractivity contribution in [2.24, 2.45) is 0 Å². The SMILES string of the molecule is Cc1cccc(C)c1NC(=O)CCc1nc(C(C)C)cs1. The van der Waals surface area contributed by atoms with Crippen LogP contribution < -0.4 is 5.32 Å². The summed E-state index contributed by atoms with van der Waals surface area (Å²) in [6, 6.07) is 6.03. The van der Waals surface area contributed by atoms with Gasteiger partial charge in [-0.2, -0.15) is 0 Å². The average Bonchev–Trinajstić information content (AvgIpc) is 2.90. The fourth-order valence-electron chi connectivity index (χ4n) is 2.14. The van der Waals surface area contributed by atoms with Crippen LogP contribution in [0, 0.1) is 13.8 Å². The maximum atomic E-state index is 12.1. The number of carbonyl (C=O) groups is 1. The minimum absolute atomic E-state index is 0.0497. The molecule has 1 aromatic heterocycles. The molecule has 2 rings (SSSR count). The molecule has 0 bridgehead atoms. The van der Waals surface area contributed by atoms with Crippen LogP contribution in [0.5, 0.6) is 0 Å². The van der Waals surface area contributed by atoms with Gasteiger partial charge in [0, 0.05) is 23.9 Å². The molecule has 0 radical (unpaired) electrons. The first-order chi connectivity index (χ1) is 9.97. The quantitative estimate of drug-likeness (QED) is 0.886. The second kappa shape index (κ2) is 6.85. The van der Waals surface area contributed by atoms with E-state index in [-0.39, 0.29) is 5.91 Å². The number of nitrogens with one attached hydrogen (secondary N) is 1. The van der Waals surface area contributed by atoms with Crippen molar-refractivity contribution in [1.82, 2.24) is 4.98 Å². The molecule has 0 spiro atoms. The Balaban J connectivity index is 1.93. The highest BCUT2D eigenvalue weighted by molar-refractivity contribution is 7.09. The molecule has 1 aromatic carbocycles. The predicted octanol–water partition coefficient (Wildman–Crippen LogP) is 4.45. The summed E-state index contributed by atoms with van der Waals surface area (Å²) in [5, 5.41) is 6.14. The maximum Gasteiger partial charge on any atom is 0.224 e. The van der Waals surface area contributed by atoms with E-state index >= 15 is 0 Å². The van der Waals surface area contributed by atoms with Crippen molar-refractivity contribution >= 4 is 22.9 Å². The lowest BCUT2D eigenvalue weighted by Crippen LogP contribution is -2.14. The van der Waals surface area contributed by atoms with Gasteiger partial charge in [-0.15, -0.1) is 11.3 Å². The summed E-state index contributed by atoms with van der Waals surface area (Å²) in [6.07, 6.45) is 1.17. The molecular weight excluding hydrogens is 280 g/mol. The van der Waals surface area contributed by atoms with Gasteiger partial charge in [0.25, 0.3) is 0 Å². The van der Waals surface area contributed by atoms with Crippen molar-refractivity contribution in [3.05, 3.63) is 45.4 Å². The molecule has 0 aliphatic rings. The Labute approximate surface area is 130 Å². The van der Waals surface area contributed by atoms with E-state index in [9.17, 15) is 4.79 Å². The lowest BCUT2D eigenvalue weighted by atomic mass is 10.1. The highest BCUT2D eigenvalue weighted by Crippen LogP contribution is 2.21. The molecule has 1 N–H and O–H groups in total. The van der Waals surface area contributed by atoms with E-state index < -0.39 is 0 Å². The first-order valence-electron chi connectivity index (χ1n) is 7.27. The van der Waals surface area contributed by atoms with Crippen molar-refractivity contribution in [2.45, 2.75) is 46.5 Å². The number of para-hydroxylation sites is 1. The molecule has 4 heteroatoms. The first kappa shape index (κ1) is 15.7. The van der Waals surface area contributed by atoms with Crippen LogP contribution in [0.1, 0.15) is 48.0 Å². The molecule has 0 unspecified atom stereocenters. The molecule has 1 amide bonds. The third kappa shape index (κ3) is 4.14. The normalized spacial score (nSPS) is 10.9. The number of thiazole rings is 1. The van der Waals surface area contributed by atoms with Gasteiger partial charge in [-0.1, -0.05) is 32.0 Å². The highest BCUT2D eigenvalue weighted by Gasteiger charge is 2.10. The van der Waals surface area contributed by atoms with E-state index in [0.29, 0.717) is 18.8 Å². The van der Waals surface area contributed by atoms with Crippen LogP contribution in [0.2, 0.25) is 0 Å². The third-order valence-corrected chi connectivity index (χ3v) is 4.40. The molecule has 0 atom stereocenters. The van der Waals surface area contributed by atoms with Crippen LogP contribution in [0.3, 0.4) is 0 Å². The standard InChI is InChI=1S/C17H22N2OS/c1-11(2)14-10-21-16(18-14)9-8-15(20)19-17-12(3)6-5-7-13(17)4/h5-7,10-11H,8-9H2,1-4H3,(H,19,20). The van der Waals surface area contributed by atoms with Crippen molar-refractivity contribution < 1.29 is 4.79 Å². The third-order valence-electron chi connectivity index (χ3n) is 3.47. The number of aryl methyl sites for hydroxylation is 3. The van der Waals surface area contributed by atoms with Crippen LogP contribution in [0.15, 0.2) is 23.6 Å². The van der Waals surface area contributed by atoms with Crippen molar-refractivity contribution in [3.63, 3.8) is 0 Å². The molecule has 0 saturated carbocycles. The lowest BCUT2D eigenvalue weighted by molar-refractivity contribution is -0.116. The highest BCUT2D eigenvalue weighted by atomic mass is 32.1. The van der Waals surface area contributed by atoms with E-state index in [4.69, 9.17) is 0 Å². The van der Waals surface area contributed by atoms with Gasteiger partial charge < -0.3 is 5.32 Å². The molecular formula is C17H22N2OS. The van der Waals surface area contributed by atoms with Gasteiger partial charge in [-0.3, -0.25) is 4.79 Å². The van der Waals surface area contributed by atoms with Crippen LogP contribution in [-0.2, 0) is 11.2 Å². The van der Waals surface area contributed by atoms with Gasteiger partial charge in [0.1, 0.15) is 0 Å². The van der Waals surface area contributed by atoms with Gasteiger partial charge in [-0.05, 0) is 30.9 Å². The number of nitrogens with zero attached hydrogens (tertiary/aromatic N) is 1. The van der Waals surface area contributed by atoms with Gasteiger partial charge in [-0.25, -0.2) is 4.98 Å². The van der Waals surface area contributed by atoms with E-state index in [2.05, 4.69) is 29.5 Å². The summed E-state index contributed by atoms with van der Waals surface area (Å²) in [7, 11) is 0. The first-order valence-corrected chi connectivity index (χ1v) is 8.15. The van der Waals surface area contributed by atoms with E-state index in [1.165, 1.54) is 0 Å².